The fourth-order valence-corrected chi connectivity index (χ4v) is 3.14. The zero-order chi connectivity index (χ0) is 13.0. The van der Waals surface area contributed by atoms with E-state index in [9.17, 15) is 9.90 Å². The van der Waals surface area contributed by atoms with Crippen LogP contribution >= 0.6 is 0 Å². The van der Waals surface area contributed by atoms with Crippen molar-refractivity contribution in [3.05, 3.63) is 12.7 Å². The van der Waals surface area contributed by atoms with E-state index in [2.05, 4.69) is 16.8 Å². The van der Waals surface area contributed by atoms with Gasteiger partial charge in [-0.2, -0.15) is 0 Å². The summed E-state index contributed by atoms with van der Waals surface area (Å²) in [6, 6.07) is 0.724. The lowest BCUT2D eigenvalue weighted by molar-refractivity contribution is -0.129. The smallest absolute Gasteiger partial charge is 0.234 e. The molecule has 1 aliphatic carbocycles. The van der Waals surface area contributed by atoms with Gasteiger partial charge < -0.3 is 10.4 Å². The number of carbonyl (C=O) groups is 1. The average Bonchev–Trinajstić information content (AvgIpc) is 2.36. The highest BCUT2D eigenvalue weighted by Crippen LogP contribution is 2.26. The number of hydrogen-bond acceptors (Lipinski definition) is 3. The Bertz CT molecular complexity index is 306. The van der Waals surface area contributed by atoms with Gasteiger partial charge in [0.2, 0.25) is 5.91 Å². The summed E-state index contributed by atoms with van der Waals surface area (Å²) in [4.78, 5) is 13.9. The second kappa shape index (κ2) is 6.34. The summed E-state index contributed by atoms with van der Waals surface area (Å²) in [6.07, 6.45) is 7.69. The van der Waals surface area contributed by atoms with Crippen molar-refractivity contribution in [2.45, 2.75) is 56.7 Å². The maximum absolute atomic E-state index is 11.7. The first-order valence-electron chi connectivity index (χ1n) is 7.03. The average molecular weight is 252 g/mol. The van der Waals surface area contributed by atoms with Gasteiger partial charge in [0.05, 0.1) is 12.6 Å². The van der Waals surface area contributed by atoms with Crippen LogP contribution in [0.4, 0.5) is 0 Å². The molecule has 4 nitrogen and oxygen atoms in total. The summed E-state index contributed by atoms with van der Waals surface area (Å²) in [6.45, 7) is 4.72. The highest BCUT2D eigenvalue weighted by Gasteiger charge is 2.36. The van der Waals surface area contributed by atoms with Crippen LogP contribution in [0.2, 0.25) is 0 Å². The number of piperazine rings is 1. The summed E-state index contributed by atoms with van der Waals surface area (Å²) in [5.74, 6) is 0.106. The second-order valence-corrected chi connectivity index (χ2v) is 5.48. The third kappa shape index (κ3) is 3.33. The molecular weight excluding hydrogens is 228 g/mol. The Labute approximate surface area is 109 Å². The van der Waals surface area contributed by atoms with Gasteiger partial charge in [-0.25, -0.2) is 0 Å². The molecule has 0 aromatic heterocycles. The van der Waals surface area contributed by atoms with Crippen LogP contribution in [0, 0.1) is 0 Å². The molecule has 0 aromatic carbocycles. The molecule has 2 N–H and O–H groups in total. The van der Waals surface area contributed by atoms with Gasteiger partial charge in [-0.3, -0.25) is 9.69 Å². The lowest BCUT2D eigenvalue weighted by Gasteiger charge is -2.44. The van der Waals surface area contributed by atoms with Crippen molar-refractivity contribution >= 4 is 5.91 Å². The maximum atomic E-state index is 11.7. The van der Waals surface area contributed by atoms with E-state index < -0.39 is 0 Å². The summed E-state index contributed by atoms with van der Waals surface area (Å²) >= 11 is 0. The van der Waals surface area contributed by atoms with Crippen LogP contribution in [-0.2, 0) is 4.79 Å². The van der Waals surface area contributed by atoms with E-state index in [-0.39, 0.29) is 12.0 Å². The van der Waals surface area contributed by atoms with Crippen LogP contribution in [0.5, 0.6) is 0 Å². The fraction of sp³-hybridized carbons (Fsp3) is 0.786. The molecule has 4 heteroatoms. The fourth-order valence-electron chi connectivity index (χ4n) is 3.14. The van der Waals surface area contributed by atoms with E-state index in [1.54, 1.807) is 0 Å². The molecule has 0 bridgehead atoms. The number of fused-ring (bicyclic) bond motifs is 1. The molecular formula is C14H24N2O2. The van der Waals surface area contributed by atoms with E-state index in [1.165, 1.54) is 12.8 Å². The number of hydrogen-bond donors (Lipinski definition) is 2. The molecule has 3 atom stereocenters. The SMILES string of the molecule is C=CCCC(O)CN1CC(=O)NC2CCCCC21. The van der Waals surface area contributed by atoms with E-state index in [0.717, 1.165) is 25.7 Å². The Kier molecular flexibility index (Phi) is 4.78. The molecule has 0 radical (unpaired) electrons. The van der Waals surface area contributed by atoms with Gasteiger partial charge in [0.25, 0.3) is 0 Å². The highest BCUT2D eigenvalue weighted by atomic mass is 16.3. The number of β-amino-alcohol motifs (C(OH)–C–C–N with tert-alkyl or cyclic N) is 1. The monoisotopic (exact) mass is 252 g/mol. The first kappa shape index (κ1) is 13.6. The van der Waals surface area contributed by atoms with Crippen molar-refractivity contribution in [3.8, 4) is 0 Å². The van der Waals surface area contributed by atoms with E-state index >= 15 is 0 Å². The Morgan fingerprint density at radius 2 is 2.28 bits per heavy atom. The Balaban J connectivity index is 1.91. The van der Waals surface area contributed by atoms with Gasteiger partial charge in [0, 0.05) is 18.6 Å². The summed E-state index contributed by atoms with van der Waals surface area (Å²) in [5.41, 5.74) is 0. The van der Waals surface area contributed by atoms with Crippen LogP contribution in [-0.4, -0.2) is 47.2 Å². The number of allylic oxidation sites excluding steroid dienone is 1. The normalized spacial score (nSPS) is 30.4. The van der Waals surface area contributed by atoms with Crippen molar-refractivity contribution in [3.63, 3.8) is 0 Å². The highest BCUT2D eigenvalue weighted by molar-refractivity contribution is 5.79. The van der Waals surface area contributed by atoms with Crippen LogP contribution in [0.15, 0.2) is 12.7 Å². The molecule has 2 fully saturated rings. The zero-order valence-electron chi connectivity index (χ0n) is 11.0. The summed E-state index contributed by atoms with van der Waals surface area (Å²) < 4.78 is 0. The topological polar surface area (TPSA) is 52.6 Å². The van der Waals surface area contributed by atoms with Gasteiger partial charge in [-0.05, 0) is 25.7 Å². The third-order valence-electron chi connectivity index (χ3n) is 4.04. The lowest BCUT2D eigenvalue weighted by atomic mass is 9.87. The van der Waals surface area contributed by atoms with Gasteiger partial charge in [-0.1, -0.05) is 18.9 Å². The molecule has 1 aliphatic heterocycles. The quantitative estimate of drug-likeness (QED) is 0.719. The molecule has 1 saturated carbocycles. The van der Waals surface area contributed by atoms with E-state index in [1.807, 2.05) is 6.08 Å². The number of aliphatic hydroxyl groups is 1. The third-order valence-corrected chi connectivity index (χ3v) is 4.04. The van der Waals surface area contributed by atoms with Crippen molar-refractivity contribution in [2.24, 2.45) is 0 Å². The molecule has 3 unspecified atom stereocenters. The van der Waals surface area contributed by atoms with E-state index in [0.29, 0.717) is 25.2 Å². The first-order valence-corrected chi connectivity index (χ1v) is 7.03. The van der Waals surface area contributed by atoms with Crippen LogP contribution in [0.3, 0.4) is 0 Å². The van der Waals surface area contributed by atoms with Crippen molar-refractivity contribution < 1.29 is 9.90 Å². The van der Waals surface area contributed by atoms with Crippen molar-refractivity contribution in [1.82, 2.24) is 10.2 Å². The van der Waals surface area contributed by atoms with Gasteiger partial charge >= 0.3 is 0 Å². The second-order valence-electron chi connectivity index (χ2n) is 5.48. The van der Waals surface area contributed by atoms with Crippen LogP contribution < -0.4 is 5.32 Å². The Morgan fingerprint density at radius 1 is 1.50 bits per heavy atom. The molecule has 18 heavy (non-hydrogen) atoms. The number of nitrogens with zero attached hydrogens (tertiary/aromatic N) is 1. The minimum absolute atomic E-state index is 0.106. The predicted octanol–water partition coefficient (Wildman–Crippen LogP) is 1.06. The van der Waals surface area contributed by atoms with Gasteiger partial charge in [0.15, 0.2) is 0 Å². The molecule has 2 aliphatic rings. The minimum Gasteiger partial charge on any atom is -0.392 e. The van der Waals surface area contributed by atoms with Gasteiger partial charge in [0.1, 0.15) is 0 Å². The molecule has 1 saturated heterocycles. The molecule has 102 valence electrons. The number of aliphatic hydroxyl groups excluding tert-OH is 1. The Hall–Kier alpha value is -0.870. The predicted molar refractivity (Wildman–Crippen MR) is 71.2 cm³/mol. The zero-order valence-corrected chi connectivity index (χ0v) is 11.0. The lowest BCUT2D eigenvalue weighted by Crippen LogP contribution is -2.62. The number of rotatable bonds is 5. The maximum Gasteiger partial charge on any atom is 0.234 e. The molecule has 0 aromatic rings. The van der Waals surface area contributed by atoms with E-state index in [4.69, 9.17) is 0 Å². The first-order chi connectivity index (χ1) is 8.70. The molecule has 1 amide bonds. The van der Waals surface area contributed by atoms with Crippen LogP contribution in [0.25, 0.3) is 0 Å². The number of carbonyl (C=O) groups excluding carboxylic acids is 1. The summed E-state index contributed by atoms with van der Waals surface area (Å²) in [7, 11) is 0. The van der Waals surface area contributed by atoms with Crippen molar-refractivity contribution in [1.29, 1.82) is 0 Å². The molecule has 0 spiro atoms. The summed E-state index contributed by atoms with van der Waals surface area (Å²) in [5, 5.41) is 13.1. The Morgan fingerprint density at radius 3 is 3.06 bits per heavy atom. The van der Waals surface area contributed by atoms with Gasteiger partial charge in [-0.15, -0.1) is 6.58 Å². The minimum atomic E-state index is -0.350. The van der Waals surface area contributed by atoms with Crippen LogP contribution in [0.1, 0.15) is 38.5 Å². The molecule has 1 heterocycles. The molecule has 2 rings (SSSR count). The number of amides is 1. The standard InChI is InChI=1S/C14H24N2O2/c1-2-3-6-11(17)9-16-10-14(18)15-12-7-4-5-8-13(12)16/h2,11-13,17H,1,3-10H2,(H,15,18). The largest absolute Gasteiger partial charge is 0.392 e. The number of nitrogens with one attached hydrogen (secondary N) is 1. The van der Waals surface area contributed by atoms with Crippen molar-refractivity contribution in [2.75, 3.05) is 13.1 Å².